The van der Waals surface area contributed by atoms with Crippen molar-refractivity contribution in [1.82, 2.24) is 29.2 Å². The molecule has 1 aliphatic rings. The number of fused-ring (bicyclic) bond motifs is 1. The Bertz CT molecular complexity index is 1240. The Morgan fingerprint density at radius 1 is 1.06 bits per heavy atom. The van der Waals surface area contributed by atoms with Crippen LogP contribution >= 0.6 is 0 Å². The van der Waals surface area contributed by atoms with Crippen LogP contribution in [0.1, 0.15) is 12.6 Å². The van der Waals surface area contributed by atoms with Crippen molar-refractivity contribution >= 4 is 11.6 Å². The number of benzene rings is 1. The maximum absolute atomic E-state index is 12.3. The van der Waals surface area contributed by atoms with E-state index in [1.165, 1.54) is 0 Å². The number of carbonyl (C=O) groups excluding carboxylic acids is 1. The van der Waals surface area contributed by atoms with Crippen molar-refractivity contribution in [2.75, 3.05) is 33.3 Å². The van der Waals surface area contributed by atoms with Gasteiger partial charge in [0.2, 0.25) is 0 Å². The highest BCUT2D eigenvalue weighted by Crippen LogP contribution is 2.25. The van der Waals surface area contributed by atoms with Crippen LogP contribution in [0.4, 0.5) is 0 Å². The van der Waals surface area contributed by atoms with Gasteiger partial charge in [0.1, 0.15) is 23.3 Å². The average molecular weight is 461 g/mol. The molecule has 3 aromatic heterocycles. The van der Waals surface area contributed by atoms with Gasteiger partial charge in [0.15, 0.2) is 0 Å². The zero-order valence-corrected chi connectivity index (χ0v) is 19.3. The number of carbonyl (C=O) groups is 1. The highest BCUT2D eigenvalue weighted by molar-refractivity contribution is 5.80. The largest absolute Gasteiger partial charge is 0.456 e. The summed E-state index contributed by atoms with van der Waals surface area (Å²) in [4.78, 5) is 28.4. The van der Waals surface area contributed by atoms with Gasteiger partial charge in [-0.1, -0.05) is 0 Å². The number of aromatic nitrogens is 4. The lowest BCUT2D eigenvalue weighted by molar-refractivity contribution is -0.142. The molecule has 1 atom stereocenters. The molecular weight excluding hydrogens is 432 g/mol. The van der Waals surface area contributed by atoms with Crippen molar-refractivity contribution in [3.8, 4) is 22.8 Å². The third-order valence-corrected chi connectivity index (χ3v) is 6.14. The minimum atomic E-state index is -0.393. The molecule has 4 aromatic rings. The van der Waals surface area contributed by atoms with Gasteiger partial charge in [-0.25, -0.2) is 9.97 Å². The van der Waals surface area contributed by atoms with Crippen LogP contribution in [-0.4, -0.2) is 74.5 Å². The number of amides is 1. The van der Waals surface area contributed by atoms with Gasteiger partial charge in [0.05, 0.1) is 30.1 Å². The number of pyridine rings is 1. The normalized spacial score (nSPS) is 15.5. The van der Waals surface area contributed by atoms with Crippen molar-refractivity contribution in [3.63, 3.8) is 0 Å². The summed E-state index contributed by atoms with van der Waals surface area (Å²) in [7, 11) is 1.57. The Balaban J connectivity index is 1.20. The highest BCUT2D eigenvalue weighted by Gasteiger charge is 2.25. The molecule has 0 saturated carbocycles. The monoisotopic (exact) mass is 460 g/mol. The predicted molar refractivity (Wildman–Crippen MR) is 128 cm³/mol. The summed E-state index contributed by atoms with van der Waals surface area (Å²) in [5.41, 5.74) is 3.89. The van der Waals surface area contributed by atoms with Crippen LogP contribution in [0.3, 0.4) is 0 Å². The van der Waals surface area contributed by atoms with Crippen LogP contribution in [0, 0.1) is 0 Å². The summed E-state index contributed by atoms with van der Waals surface area (Å²) in [5, 5.41) is 0. The van der Waals surface area contributed by atoms with Crippen LogP contribution < -0.4 is 4.74 Å². The first kappa shape index (κ1) is 22.1. The fourth-order valence-electron chi connectivity index (χ4n) is 4.13. The molecule has 1 amide bonds. The van der Waals surface area contributed by atoms with Crippen LogP contribution in [0.15, 0.2) is 61.3 Å². The molecule has 0 radical (unpaired) electrons. The lowest BCUT2D eigenvalue weighted by Crippen LogP contribution is -2.50. The molecular formula is C25H28N6O3. The summed E-state index contributed by atoms with van der Waals surface area (Å²) in [6, 6.07) is 11.8. The minimum Gasteiger partial charge on any atom is -0.456 e. The zero-order chi connectivity index (χ0) is 23.5. The standard InChI is InChI=1S/C25H28N6O3/c1-18(33-2)25(32)30-11-9-29(10-12-30)14-20-15-31-16-22(7-8-24(31)28-20)34-21-5-3-19(4-6-21)23-13-26-17-27-23/h3-8,13,15-18H,9-12,14H2,1-2H3,(H,26,27)/t18-/m0/s1. The van der Waals surface area contributed by atoms with Gasteiger partial charge in [-0.15, -0.1) is 0 Å². The lowest BCUT2D eigenvalue weighted by Gasteiger charge is -2.35. The summed E-state index contributed by atoms with van der Waals surface area (Å²) in [6.45, 7) is 5.58. The molecule has 0 unspecified atom stereocenters. The number of hydrogen-bond acceptors (Lipinski definition) is 6. The smallest absolute Gasteiger partial charge is 0.251 e. The number of H-pyrrole nitrogens is 1. The SMILES string of the molecule is CO[C@@H](C)C(=O)N1CCN(Cc2cn3cc(Oc4ccc(-c5cnc[nH]5)cc4)ccc3n2)CC1. The molecule has 0 aliphatic carbocycles. The number of hydrogen-bond donors (Lipinski definition) is 1. The zero-order valence-electron chi connectivity index (χ0n) is 19.3. The molecule has 1 fully saturated rings. The van der Waals surface area contributed by atoms with E-state index in [-0.39, 0.29) is 5.91 Å². The minimum absolute atomic E-state index is 0.0540. The molecule has 4 heterocycles. The molecule has 9 nitrogen and oxygen atoms in total. The quantitative estimate of drug-likeness (QED) is 0.456. The first-order valence-corrected chi connectivity index (χ1v) is 11.4. The van der Waals surface area contributed by atoms with Crippen molar-refractivity contribution in [2.24, 2.45) is 0 Å². The molecule has 1 aliphatic heterocycles. The topological polar surface area (TPSA) is 88.0 Å². The Labute approximate surface area is 197 Å². The number of rotatable bonds is 7. The lowest BCUT2D eigenvalue weighted by atomic mass is 10.2. The summed E-state index contributed by atoms with van der Waals surface area (Å²) < 4.78 is 13.2. The molecule has 1 N–H and O–H groups in total. The fourth-order valence-corrected chi connectivity index (χ4v) is 4.13. The van der Waals surface area contributed by atoms with Crippen LogP contribution in [0.2, 0.25) is 0 Å². The predicted octanol–water partition coefficient (Wildman–Crippen LogP) is 3.20. The second-order valence-electron chi connectivity index (χ2n) is 8.43. The maximum Gasteiger partial charge on any atom is 0.251 e. The van der Waals surface area contributed by atoms with Gasteiger partial charge in [0, 0.05) is 46.0 Å². The number of methoxy groups -OCH3 is 1. The summed E-state index contributed by atoms with van der Waals surface area (Å²) >= 11 is 0. The van der Waals surface area contributed by atoms with E-state index in [1.807, 2.05) is 58.1 Å². The Morgan fingerprint density at radius 2 is 1.82 bits per heavy atom. The van der Waals surface area contributed by atoms with E-state index in [0.717, 1.165) is 53.7 Å². The Hall–Kier alpha value is -3.69. The van der Waals surface area contributed by atoms with E-state index in [0.29, 0.717) is 13.1 Å². The Kier molecular flexibility index (Phi) is 6.29. The summed E-state index contributed by atoms with van der Waals surface area (Å²) in [6.07, 6.45) is 7.04. The van der Waals surface area contributed by atoms with Gasteiger partial charge in [-0.2, -0.15) is 0 Å². The van der Waals surface area contributed by atoms with Crippen molar-refractivity contribution in [2.45, 2.75) is 19.6 Å². The fraction of sp³-hybridized carbons (Fsp3) is 0.320. The van der Waals surface area contributed by atoms with Crippen LogP contribution in [0.5, 0.6) is 11.5 Å². The number of nitrogens with one attached hydrogen (secondary N) is 1. The van der Waals surface area contributed by atoms with Gasteiger partial charge < -0.3 is 23.8 Å². The number of piperazine rings is 1. The van der Waals surface area contributed by atoms with E-state index < -0.39 is 6.10 Å². The summed E-state index contributed by atoms with van der Waals surface area (Å²) in [5.74, 6) is 1.56. The second kappa shape index (κ2) is 9.66. The van der Waals surface area contributed by atoms with Gasteiger partial charge in [-0.3, -0.25) is 9.69 Å². The molecule has 1 aromatic carbocycles. The molecule has 176 valence electrons. The van der Waals surface area contributed by atoms with Crippen molar-refractivity contribution < 1.29 is 14.3 Å². The average Bonchev–Trinajstić information content (AvgIpc) is 3.54. The van der Waals surface area contributed by atoms with E-state index in [9.17, 15) is 4.79 Å². The van der Waals surface area contributed by atoms with Crippen molar-refractivity contribution in [1.29, 1.82) is 0 Å². The van der Waals surface area contributed by atoms with Crippen LogP contribution in [0.25, 0.3) is 16.9 Å². The third-order valence-electron chi connectivity index (χ3n) is 6.14. The number of ether oxygens (including phenoxy) is 2. The molecule has 0 bridgehead atoms. The molecule has 0 spiro atoms. The first-order chi connectivity index (χ1) is 16.6. The van der Waals surface area contributed by atoms with E-state index >= 15 is 0 Å². The van der Waals surface area contributed by atoms with Gasteiger partial charge in [-0.05, 0) is 48.9 Å². The number of nitrogens with zero attached hydrogens (tertiary/aromatic N) is 5. The van der Waals surface area contributed by atoms with Gasteiger partial charge >= 0.3 is 0 Å². The first-order valence-electron chi connectivity index (χ1n) is 11.4. The van der Waals surface area contributed by atoms with E-state index in [4.69, 9.17) is 14.5 Å². The highest BCUT2D eigenvalue weighted by atomic mass is 16.5. The van der Waals surface area contributed by atoms with E-state index in [2.05, 4.69) is 14.9 Å². The second-order valence-corrected chi connectivity index (χ2v) is 8.43. The van der Waals surface area contributed by atoms with E-state index in [1.54, 1.807) is 26.6 Å². The van der Waals surface area contributed by atoms with Crippen LogP contribution in [-0.2, 0) is 16.1 Å². The molecule has 9 heteroatoms. The molecule has 5 rings (SSSR count). The molecule has 34 heavy (non-hydrogen) atoms. The van der Waals surface area contributed by atoms with Gasteiger partial charge in [0.25, 0.3) is 5.91 Å². The number of aromatic amines is 1. The number of imidazole rings is 2. The molecule has 1 saturated heterocycles. The third kappa shape index (κ3) is 4.80. The maximum atomic E-state index is 12.3. The van der Waals surface area contributed by atoms with Crippen molar-refractivity contribution in [3.05, 3.63) is 67.0 Å². The Morgan fingerprint density at radius 3 is 2.53 bits per heavy atom.